The maximum Gasteiger partial charge on any atom is 0.241 e. The van der Waals surface area contributed by atoms with Crippen LogP contribution in [0.25, 0.3) is 0 Å². The Morgan fingerprint density at radius 2 is 1.96 bits per heavy atom. The van der Waals surface area contributed by atoms with Crippen LogP contribution in [-0.2, 0) is 9.59 Å². The third-order valence-electron chi connectivity index (χ3n) is 3.95. The molecular weight excluding hydrogens is 294 g/mol. The zero-order chi connectivity index (χ0) is 17.4. The van der Waals surface area contributed by atoms with Crippen molar-refractivity contribution in [3.63, 3.8) is 0 Å². The molecule has 1 saturated carbocycles. The van der Waals surface area contributed by atoms with Gasteiger partial charge in [-0.3, -0.25) is 14.6 Å². The van der Waals surface area contributed by atoms with Gasteiger partial charge < -0.3 is 20.9 Å². The molecule has 0 aromatic rings. The predicted octanol–water partition coefficient (Wildman–Crippen LogP) is 0.323. The van der Waals surface area contributed by atoms with E-state index in [-0.39, 0.29) is 36.4 Å². The Bertz CT molecular complexity index is 434. The van der Waals surface area contributed by atoms with E-state index < -0.39 is 0 Å². The van der Waals surface area contributed by atoms with Crippen molar-refractivity contribution >= 4 is 17.8 Å². The molecule has 2 unspecified atom stereocenters. The summed E-state index contributed by atoms with van der Waals surface area (Å²) in [7, 11) is 5.12. The summed E-state index contributed by atoms with van der Waals surface area (Å²) < 4.78 is 0. The fourth-order valence-electron chi connectivity index (χ4n) is 2.67. The van der Waals surface area contributed by atoms with Gasteiger partial charge in [-0.05, 0) is 33.1 Å². The summed E-state index contributed by atoms with van der Waals surface area (Å²) in [6.45, 7) is 4.16. The molecule has 1 rings (SSSR count). The van der Waals surface area contributed by atoms with Gasteiger partial charge in [-0.15, -0.1) is 0 Å². The zero-order valence-electron chi connectivity index (χ0n) is 15.0. The average molecular weight is 325 g/mol. The summed E-state index contributed by atoms with van der Waals surface area (Å²) in [5.74, 6) is 0.781. The largest absolute Gasteiger partial charge is 0.354 e. The lowest BCUT2D eigenvalue weighted by atomic mass is 9.85. The molecular formula is C16H31N5O2. The van der Waals surface area contributed by atoms with Crippen molar-refractivity contribution in [3.05, 3.63) is 0 Å². The van der Waals surface area contributed by atoms with E-state index in [1.807, 2.05) is 13.8 Å². The first-order chi connectivity index (χ1) is 10.8. The monoisotopic (exact) mass is 325 g/mol. The number of amides is 2. The number of nitrogens with zero attached hydrogens (tertiary/aromatic N) is 2. The van der Waals surface area contributed by atoms with Gasteiger partial charge in [0.1, 0.15) is 0 Å². The number of nitrogens with one attached hydrogen (secondary N) is 3. The first-order valence-electron chi connectivity index (χ1n) is 8.31. The van der Waals surface area contributed by atoms with Gasteiger partial charge in [-0.1, -0.05) is 6.42 Å². The molecule has 2 atom stereocenters. The Labute approximate surface area is 139 Å². The molecule has 3 N–H and O–H groups in total. The van der Waals surface area contributed by atoms with Crippen molar-refractivity contribution < 1.29 is 9.59 Å². The molecule has 0 saturated heterocycles. The summed E-state index contributed by atoms with van der Waals surface area (Å²) in [5, 5.41) is 9.34. The highest BCUT2D eigenvalue weighted by Crippen LogP contribution is 2.24. The van der Waals surface area contributed by atoms with E-state index in [9.17, 15) is 9.59 Å². The van der Waals surface area contributed by atoms with Crippen LogP contribution >= 0.6 is 0 Å². The van der Waals surface area contributed by atoms with E-state index in [0.717, 1.165) is 25.7 Å². The molecule has 0 aromatic heterocycles. The molecule has 1 aliphatic carbocycles. The van der Waals surface area contributed by atoms with Crippen molar-refractivity contribution in [1.29, 1.82) is 0 Å². The van der Waals surface area contributed by atoms with Crippen LogP contribution in [0.2, 0.25) is 0 Å². The summed E-state index contributed by atoms with van der Waals surface area (Å²) in [6, 6.07) is 0.370. The third kappa shape index (κ3) is 6.88. The van der Waals surface area contributed by atoms with E-state index in [4.69, 9.17) is 0 Å². The van der Waals surface area contributed by atoms with Gasteiger partial charge in [0.2, 0.25) is 11.8 Å². The Hall–Kier alpha value is -1.79. The Morgan fingerprint density at radius 3 is 2.52 bits per heavy atom. The minimum Gasteiger partial charge on any atom is -0.354 e. The standard InChI is InChI=1S/C16H31N5O2/c1-11(2)19-15(23)12-7-6-8-13(9-12)20-16(17-3)18-10-14(22)21(4)5/h11-13H,6-10H2,1-5H3,(H,19,23)(H2,17,18,20). The first-order valence-corrected chi connectivity index (χ1v) is 8.31. The quantitative estimate of drug-likeness (QED) is 0.502. The van der Waals surface area contributed by atoms with Crippen LogP contribution in [-0.4, -0.2) is 62.4 Å². The SMILES string of the molecule is CN=C(NCC(=O)N(C)C)NC1CCCC(C(=O)NC(C)C)C1. The Kier molecular flexibility index (Phi) is 7.85. The van der Waals surface area contributed by atoms with Crippen molar-refractivity contribution in [3.8, 4) is 0 Å². The maximum atomic E-state index is 12.2. The Balaban J connectivity index is 2.48. The topological polar surface area (TPSA) is 85.8 Å². The van der Waals surface area contributed by atoms with Crippen molar-refractivity contribution in [2.75, 3.05) is 27.7 Å². The number of aliphatic imine (C=N–C) groups is 1. The highest BCUT2D eigenvalue weighted by molar-refractivity contribution is 5.86. The van der Waals surface area contributed by atoms with Gasteiger partial charge >= 0.3 is 0 Å². The van der Waals surface area contributed by atoms with Crippen LogP contribution in [0.3, 0.4) is 0 Å². The summed E-state index contributed by atoms with van der Waals surface area (Å²) in [6.07, 6.45) is 3.75. The van der Waals surface area contributed by atoms with Crippen LogP contribution in [0.4, 0.5) is 0 Å². The zero-order valence-corrected chi connectivity index (χ0v) is 15.0. The van der Waals surface area contributed by atoms with Gasteiger partial charge in [0.25, 0.3) is 0 Å². The molecule has 2 amide bonds. The maximum absolute atomic E-state index is 12.2. The average Bonchev–Trinajstić information content (AvgIpc) is 2.50. The van der Waals surface area contributed by atoms with Crippen molar-refractivity contribution in [2.24, 2.45) is 10.9 Å². The number of likely N-dealkylation sites (N-methyl/N-ethyl adjacent to an activating group) is 1. The molecule has 7 heteroatoms. The molecule has 0 spiro atoms. The number of hydrogen-bond acceptors (Lipinski definition) is 3. The lowest BCUT2D eigenvalue weighted by Gasteiger charge is -2.30. The van der Waals surface area contributed by atoms with Crippen molar-refractivity contribution in [1.82, 2.24) is 20.9 Å². The normalized spacial score (nSPS) is 21.7. The summed E-state index contributed by atoms with van der Waals surface area (Å²) in [5.41, 5.74) is 0. The highest BCUT2D eigenvalue weighted by Gasteiger charge is 2.28. The molecule has 1 fully saturated rings. The van der Waals surface area contributed by atoms with Gasteiger partial charge in [-0.2, -0.15) is 0 Å². The smallest absolute Gasteiger partial charge is 0.241 e. The third-order valence-corrected chi connectivity index (χ3v) is 3.95. The van der Waals surface area contributed by atoms with Crippen LogP contribution < -0.4 is 16.0 Å². The van der Waals surface area contributed by atoms with Crippen LogP contribution in [0.1, 0.15) is 39.5 Å². The minimum atomic E-state index is -0.00854. The summed E-state index contributed by atoms with van der Waals surface area (Å²) >= 11 is 0. The van der Waals surface area contributed by atoms with Gasteiger partial charge in [0.05, 0.1) is 6.54 Å². The second-order valence-electron chi connectivity index (χ2n) is 6.58. The van der Waals surface area contributed by atoms with E-state index in [1.165, 1.54) is 4.90 Å². The van der Waals surface area contributed by atoms with E-state index in [1.54, 1.807) is 21.1 Å². The Morgan fingerprint density at radius 1 is 1.26 bits per heavy atom. The number of carbonyl (C=O) groups is 2. The molecule has 7 nitrogen and oxygen atoms in total. The van der Waals surface area contributed by atoms with E-state index in [0.29, 0.717) is 5.96 Å². The minimum absolute atomic E-state index is 0.00854. The van der Waals surface area contributed by atoms with Crippen LogP contribution in [0, 0.1) is 5.92 Å². The molecule has 0 aliphatic heterocycles. The fourth-order valence-corrected chi connectivity index (χ4v) is 2.67. The number of carbonyl (C=O) groups excluding carboxylic acids is 2. The van der Waals surface area contributed by atoms with Gasteiger partial charge in [-0.25, -0.2) is 0 Å². The van der Waals surface area contributed by atoms with Gasteiger partial charge in [0, 0.05) is 39.1 Å². The molecule has 0 bridgehead atoms. The molecule has 0 heterocycles. The highest BCUT2D eigenvalue weighted by atomic mass is 16.2. The van der Waals surface area contributed by atoms with Gasteiger partial charge in [0.15, 0.2) is 5.96 Å². The lowest BCUT2D eigenvalue weighted by molar-refractivity contribution is -0.127. The van der Waals surface area contributed by atoms with Crippen LogP contribution in [0.5, 0.6) is 0 Å². The van der Waals surface area contributed by atoms with E-state index >= 15 is 0 Å². The number of guanidine groups is 1. The molecule has 23 heavy (non-hydrogen) atoms. The van der Waals surface area contributed by atoms with E-state index in [2.05, 4.69) is 20.9 Å². The van der Waals surface area contributed by atoms with Crippen LogP contribution in [0.15, 0.2) is 4.99 Å². The molecule has 1 aliphatic rings. The first kappa shape index (κ1) is 19.3. The summed E-state index contributed by atoms with van der Waals surface area (Å²) in [4.78, 5) is 29.5. The molecule has 0 radical (unpaired) electrons. The lowest BCUT2D eigenvalue weighted by Crippen LogP contribution is -2.49. The number of rotatable bonds is 5. The fraction of sp³-hybridized carbons (Fsp3) is 0.812. The predicted molar refractivity (Wildman–Crippen MR) is 92.2 cm³/mol. The molecule has 0 aromatic carbocycles. The number of hydrogen-bond donors (Lipinski definition) is 3. The second kappa shape index (κ2) is 9.37. The second-order valence-corrected chi connectivity index (χ2v) is 6.58. The molecule has 132 valence electrons. The van der Waals surface area contributed by atoms with Crippen molar-refractivity contribution in [2.45, 2.75) is 51.6 Å².